The molecule has 29 heavy (non-hydrogen) atoms. The maximum absolute atomic E-state index is 12.7. The fraction of sp³-hybridized carbons (Fsp3) is 0.350. The molecule has 2 rings (SSSR count). The third-order valence-electron chi connectivity index (χ3n) is 4.36. The Balaban J connectivity index is 2.25. The number of halogens is 1. The first-order valence-electron chi connectivity index (χ1n) is 8.94. The van der Waals surface area contributed by atoms with Gasteiger partial charge in [0.15, 0.2) is 0 Å². The third-order valence-corrected chi connectivity index (χ3v) is 5.72. The minimum Gasteiger partial charge on any atom is -0.497 e. The van der Waals surface area contributed by atoms with Crippen LogP contribution in [0.3, 0.4) is 0 Å². The van der Waals surface area contributed by atoms with Gasteiger partial charge in [-0.2, -0.15) is 0 Å². The van der Waals surface area contributed by atoms with E-state index in [0.29, 0.717) is 22.9 Å². The van der Waals surface area contributed by atoms with Crippen LogP contribution in [0.15, 0.2) is 42.5 Å². The number of nitrogens with one attached hydrogen (secondary N) is 1. The molecule has 0 aromatic heterocycles. The van der Waals surface area contributed by atoms with E-state index in [1.54, 1.807) is 19.2 Å². The van der Waals surface area contributed by atoms with Crippen LogP contribution >= 0.6 is 11.6 Å². The molecule has 0 unspecified atom stereocenters. The van der Waals surface area contributed by atoms with Crippen LogP contribution in [0.2, 0.25) is 5.02 Å². The summed E-state index contributed by atoms with van der Waals surface area (Å²) in [4.78, 5) is 12.7. The average Bonchev–Trinajstić information content (AvgIpc) is 2.69. The predicted octanol–water partition coefficient (Wildman–Crippen LogP) is 3.39. The highest BCUT2D eigenvalue weighted by Crippen LogP contribution is 2.32. The monoisotopic (exact) mass is 440 g/mol. The molecular formula is C20H25ClN2O5S. The van der Waals surface area contributed by atoms with Gasteiger partial charge in [-0.15, -0.1) is 0 Å². The molecule has 1 atom stereocenters. The van der Waals surface area contributed by atoms with Crippen molar-refractivity contribution in [3.63, 3.8) is 0 Å². The van der Waals surface area contributed by atoms with Gasteiger partial charge < -0.3 is 14.8 Å². The Hall–Kier alpha value is -2.45. The van der Waals surface area contributed by atoms with E-state index in [1.807, 2.05) is 31.2 Å². The van der Waals surface area contributed by atoms with Crippen molar-refractivity contribution in [2.24, 2.45) is 0 Å². The molecule has 0 radical (unpaired) electrons. The number of amides is 1. The van der Waals surface area contributed by atoms with Gasteiger partial charge >= 0.3 is 0 Å². The van der Waals surface area contributed by atoms with E-state index in [9.17, 15) is 13.2 Å². The molecule has 158 valence electrons. The first kappa shape index (κ1) is 22.8. The first-order valence-corrected chi connectivity index (χ1v) is 11.2. The van der Waals surface area contributed by atoms with Crippen molar-refractivity contribution in [2.75, 3.05) is 31.3 Å². The minimum absolute atomic E-state index is 0.204. The zero-order chi connectivity index (χ0) is 21.6. The normalized spacial score (nSPS) is 12.2. The fourth-order valence-corrected chi connectivity index (χ4v) is 3.88. The van der Waals surface area contributed by atoms with Crippen molar-refractivity contribution in [3.8, 4) is 11.5 Å². The lowest BCUT2D eigenvalue weighted by molar-refractivity contribution is -0.120. The minimum atomic E-state index is -3.76. The molecule has 0 heterocycles. The second-order valence-electron chi connectivity index (χ2n) is 6.39. The molecular weight excluding hydrogens is 416 g/mol. The number of benzene rings is 2. The summed E-state index contributed by atoms with van der Waals surface area (Å²) in [6.07, 6.45) is 1.67. The van der Waals surface area contributed by atoms with Crippen LogP contribution in [0.4, 0.5) is 5.69 Å². The number of anilines is 1. The first-order chi connectivity index (χ1) is 13.7. The fourth-order valence-electron chi connectivity index (χ4n) is 2.87. The summed E-state index contributed by atoms with van der Waals surface area (Å²) in [5.74, 6) is 0.571. The molecule has 0 spiro atoms. The van der Waals surface area contributed by atoms with E-state index in [2.05, 4.69) is 5.32 Å². The Bertz CT molecular complexity index is 948. The number of methoxy groups -OCH3 is 2. The van der Waals surface area contributed by atoms with E-state index in [4.69, 9.17) is 21.1 Å². The Morgan fingerprint density at radius 1 is 1.14 bits per heavy atom. The van der Waals surface area contributed by atoms with E-state index < -0.39 is 22.5 Å². The summed E-state index contributed by atoms with van der Waals surface area (Å²) < 4.78 is 36.1. The molecule has 0 saturated carbocycles. The van der Waals surface area contributed by atoms with Crippen LogP contribution in [0.1, 0.15) is 24.9 Å². The zero-order valence-corrected chi connectivity index (χ0v) is 18.4. The Morgan fingerprint density at radius 2 is 1.79 bits per heavy atom. The maximum atomic E-state index is 12.7. The van der Waals surface area contributed by atoms with Crippen molar-refractivity contribution in [3.05, 3.63) is 53.1 Å². The number of sulfonamides is 1. The largest absolute Gasteiger partial charge is 0.497 e. The van der Waals surface area contributed by atoms with Gasteiger partial charge in [0.25, 0.3) is 0 Å². The molecule has 2 aromatic rings. The summed E-state index contributed by atoms with van der Waals surface area (Å²) in [6, 6.07) is 11.7. The molecule has 0 fully saturated rings. The van der Waals surface area contributed by atoms with Gasteiger partial charge in [0.05, 0.1) is 32.2 Å². The topological polar surface area (TPSA) is 84.9 Å². The highest BCUT2D eigenvalue weighted by Gasteiger charge is 2.25. The second kappa shape index (κ2) is 9.84. The van der Waals surface area contributed by atoms with Gasteiger partial charge in [-0.3, -0.25) is 9.10 Å². The molecule has 0 aliphatic carbocycles. The zero-order valence-electron chi connectivity index (χ0n) is 16.8. The number of ether oxygens (including phenoxy) is 2. The van der Waals surface area contributed by atoms with Gasteiger partial charge in [0, 0.05) is 5.02 Å². The third kappa shape index (κ3) is 6.01. The Kier molecular flexibility index (Phi) is 7.75. The van der Waals surface area contributed by atoms with Crippen LogP contribution in [0.5, 0.6) is 11.5 Å². The van der Waals surface area contributed by atoms with Crippen molar-refractivity contribution in [1.82, 2.24) is 5.32 Å². The molecule has 7 nitrogen and oxygen atoms in total. The van der Waals surface area contributed by atoms with Crippen LogP contribution in [-0.4, -0.2) is 41.3 Å². The number of hydrogen-bond acceptors (Lipinski definition) is 5. The predicted molar refractivity (Wildman–Crippen MR) is 114 cm³/mol. The van der Waals surface area contributed by atoms with Gasteiger partial charge in [-0.05, 0) is 42.3 Å². The van der Waals surface area contributed by atoms with Crippen molar-refractivity contribution in [2.45, 2.75) is 19.4 Å². The Morgan fingerprint density at radius 3 is 2.31 bits per heavy atom. The number of rotatable bonds is 9. The van der Waals surface area contributed by atoms with E-state index >= 15 is 0 Å². The standard InChI is InChI=1S/C20H25ClN2O5S/c1-5-17(14-6-9-16(27-2)10-7-14)22-20(24)13-23(29(4,25)26)18-12-15(21)8-11-19(18)28-3/h6-12,17H,5,13H2,1-4H3,(H,22,24)/t17-/m1/s1. The van der Waals surface area contributed by atoms with Gasteiger partial charge in [0.1, 0.15) is 18.0 Å². The summed E-state index contributed by atoms with van der Waals surface area (Å²) >= 11 is 6.03. The lowest BCUT2D eigenvalue weighted by atomic mass is 10.0. The van der Waals surface area contributed by atoms with Gasteiger partial charge in [-0.25, -0.2) is 8.42 Å². The number of nitrogens with zero attached hydrogens (tertiary/aromatic N) is 1. The summed E-state index contributed by atoms with van der Waals surface area (Å²) in [6.45, 7) is 1.53. The second-order valence-corrected chi connectivity index (χ2v) is 8.73. The Labute approximate surface area is 176 Å². The molecule has 1 amide bonds. The smallest absolute Gasteiger partial charge is 0.241 e. The van der Waals surface area contributed by atoms with Gasteiger partial charge in [0.2, 0.25) is 15.9 Å². The summed E-state index contributed by atoms with van der Waals surface area (Å²) in [5.41, 5.74) is 1.10. The lowest BCUT2D eigenvalue weighted by Crippen LogP contribution is -2.41. The SMILES string of the molecule is CC[C@@H](NC(=O)CN(c1cc(Cl)ccc1OC)S(C)(=O)=O)c1ccc(OC)cc1. The van der Waals surface area contributed by atoms with E-state index in [1.165, 1.54) is 13.2 Å². The van der Waals surface area contributed by atoms with Crippen molar-refractivity contribution < 1.29 is 22.7 Å². The lowest BCUT2D eigenvalue weighted by Gasteiger charge is -2.25. The molecule has 2 aromatic carbocycles. The maximum Gasteiger partial charge on any atom is 0.241 e. The van der Waals surface area contributed by atoms with E-state index in [0.717, 1.165) is 16.1 Å². The van der Waals surface area contributed by atoms with Crippen LogP contribution < -0.4 is 19.1 Å². The van der Waals surface area contributed by atoms with Crippen molar-refractivity contribution >= 4 is 33.2 Å². The average molecular weight is 441 g/mol. The highest BCUT2D eigenvalue weighted by molar-refractivity contribution is 7.92. The van der Waals surface area contributed by atoms with Crippen molar-refractivity contribution in [1.29, 1.82) is 0 Å². The quantitative estimate of drug-likeness (QED) is 0.646. The number of hydrogen-bond donors (Lipinski definition) is 1. The summed E-state index contributed by atoms with van der Waals surface area (Å²) in [5, 5.41) is 3.22. The van der Waals surface area contributed by atoms with Crippen LogP contribution in [-0.2, 0) is 14.8 Å². The number of carbonyl (C=O) groups is 1. The molecule has 9 heteroatoms. The molecule has 0 aliphatic heterocycles. The summed E-state index contributed by atoms with van der Waals surface area (Å²) in [7, 11) is -0.759. The van der Waals surface area contributed by atoms with Crippen LogP contribution in [0, 0.1) is 0 Å². The molecule has 0 aliphatic rings. The molecule has 0 bridgehead atoms. The van der Waals surface area contributed by atoms with Gasteiger partial charge in [-0.1, -0.05) is 30.7 Å². The number of carbonyl (C=O) groups excluding carboxylic acids is 1. The molecule has 1 N–H and O–H groups in total. The molecule has 0 saturated heterocycles. The highest BCUT2D eigenvalue weighted by atomic mass is 35.5. The van der Waals surface area contributed by atoms with E-state index in [-0.39, 0.29) is 11.7 Å². The van der Waals surface area contributed by atoms with Crippen LogP contribution in [0.25, 0.3) is 0 Å².